The maximum Gasteiger partial charge on any atom is 0.287 e. The van der Waals surface area contributed by atoms with Gasteiger partial charge in [0.25, 0.3) is 5.56 Å². The molecular formula is C15H24ClN3O2. The van der Waals surface area contributed by atoms with Crippen molar-refractivity contribution in [3.05, 3.63) is 21.6 Å². The van der Waals surface area contributed by atoms with Gasteiger partial charge in [0.1, 0.15) is 5.02 Å². The second kappa shape index (κ2) is 7.80. The zero-order chi connectivity index (χ0) is 15.2. The van der Waals surface area contributed by atoms with Gasteiger partial charge in [-0.1, -0.05) is 37.8 Å². The van der Waals surface area contributed by atoms with Crippen LogP contribution >= 0.6 is 11.6 Å². The summed E-state index contributed by atoms with van der Waals surface area (Å²) in [4.78, 5) is 12.0. The lowest BCUT2D eigenvalue weighted by Gasteiger charge is -2.31. The zero-order valence-electron chi connectivity index (χ0n) is 12.5. The lowest BCUT2D eigenvalue weighted by molar-refractivity contribution is 0.266. The van der Waals surface area contributed by atoms with Gasteiger partial charge in [-0.3, -0.25) is 4.79 Å². The molecule has 1 unspecified atom stereocenters. The Labute approximate surface area is 130 Å². The number of aromatic nitrogens is 2. The summed E-state index contributed by atoms with van der Waals surface area (Å²) in [6.07, 6.45) is 8.95. The molecule has 21 heavy (non-hydrogen) atoms. The monoisotopic (exact) mass is 313 g/mol. The summed E-state index contributed by atoms with van der Waals surface area (Å²) < 4.78 is 1.19. The molecule has 0 aliphatic heterocycles. The van der Waals surface area contributed by atoms with E-state index in [1.165, 1.54) is 36.8 Å². The fourth-order valence-corrected chi connectivity index (χ4v) is 3.31. The molecule has 1 fully saturated rings. The van der Waals surface area contributed by atoms with Crippen LogP contribution in [0, 0.1) is 5.92 Å². The number of aliphatic hydroxyl groups is 1. The molecule has 0 amide bonds. The summed E-state index contributed by atoms with van der Waals surface area (Å²) in [6, 6.07) is 0.331. The molecule has 6 heteroatoms. The number of halogens is 1. The molecule has 1 aliphatic rings. The molecule has 1 aromatic heterocycles. The van der Waals surface area contributed by atoms with E-state index < -0.39 is 0 Å². The van der Waals surface area contributed by atoms with Crippen molar-refractivity contribution in [3.8, 4) is 0 Å². The molecule has 0 bridgehead atoms. The summed E-state index contributed by atoms with van der Waals surface area (Å²) in [6.45, 7) is 2.19. The molecule has 0 saturated heterocycles. The number of nitrogens with zero attached hydrogens (tertiary/aromatic N) is 2. The first-order valence-corrected chi connectivity index (χ1v) is 8.18. The normalized spacial score (nSPS) is 17.7. The van der Waals surface area contributed by atoms with E-state index in [4.69, 9.17) is 16.7 Å². The summed E-state index contributed by atoms with van der Waals surface area (Å²) in [5, 5.41) is 16.5. The molecule has 5 nitrogen and oxygen atoms in total. The number of hydrogen-bond donors (Lipinski definition) is 2. The van der Waals surface area contributed by atoms with Gasteiger partial charge >= 0.3 is 0 Å². The van der Waals surface area contributed by atoms with Crippen LogP contribution < -0.4 is 10.9 Å². The predicted molar refractivity (Wildman–Crippen MR) is 84.9 cm³/mol. The highest BCUT2D eigenvalue weighted by Gasteiger charge is 2.23. The second-order valence-corrected chi connectivity index (χ2v) is 6.06. The van der Waals surface area contributed by atoms with E-state index in [1.807, 2.05) is 0 Å². The van der Waals surface area contributed by atoms with Crippen LogP contribution in [0.5, 0.6) is 0 Å². The van der Waals surface area contributed by atoms with E-state index >= 15 is 0 Å². The number of nitrogens with one attached hydrogen (secondary N) is 1. The zero-order valence-corrected chi connectivity index (χ0v) is 13.3. The van der Waals surface area contributed by atoms with Gasteiger partial charge in [0.2, 0.25) is 0 Å². The van der Waals surface area contributed by atoms with Gasteiger partial charge in [-0.15, -0.1) is 0 Å². The maximum atomic E-state index is 12.0. The summed E-state index contributed by atoms with van der Waals surface area (Å²) in [5.41, 5.74) is 0.252. The van der Waals surface area contributed by atoms with Crippen LogP contribution in [0.15, 0.2) is 11.0 Å². The fourth-order valence-electron chi connectivity index (χ4n) is 3.11. The van der Waals surface area contributed by atoms with Gasteiger partial charge in [-0.05, 0) is 25.2 Å². The maximum absolute atomic E-state index is 12.0. The van der Waals surface area contributed by atoms with Gasteiger partial charge < -0.3 is 10.4 Å². The van der Waals surface area contributed by atoms with Gasteiger partial charge in [0.15, 0.2) is 0 Å². The third-order valence-corrected chi connectivity index (χ3v) is 4.66. The number of hydrogen-bond acceptors (Lipinski definition) is 4. The Hall–Kier alpha value is -1.07. The van der Waals surface area contributed by atoms with Crippen molar-refractivity contribution >= 4 is 17.3 Å². The average molecular weight is 314 g/mol. The molecular weight excluding hydrogens is 290 g/mol. The van der Waals surface area contributed by atoms with E-state index in [0.29, 0.717) is 17.6 Å². The first-order valence-electron chi connectivity index (χ1n) is 7.80. The number of anilines is 1. The summed E-state index contributed by atoms with van der Waals surface area (Å²) >= 11 is 6.16. The quantitative estimate of drug-likeness (QED) is 0.847. The topological polar surface area (TPSA) is 67.2 Å². The van der Waals surface area contributed by atoms with Crippen LogP contribution in [0.2, 0.25) is 5.02 Å². The number of aliphatic hydroxyl groups excluding tert-OH is 1. The highest BCUT2D eigenvalue weighted by molar-refractivity contribution is 6.32. The Kier molecular flexibility index (Phi) is 6.06. The van der Waals surface area contributed by atoms with Gasteiger partial charge in [0, 0.05) is 6.04 Å². The Morgan fingerprint density at radius 1 is 1.48 bits per heavy atom. The van der Waals surface area contributed by atoms with Gasteiger partial charge in [-0.2, -0.15) is 5.10 Å². The SMILES string of the molecule is CCC(Nc1cnn(CCO)c(=O)c1Cl)C1CCCCC1. The predicted octanol–water partition coefficient (Wildman–Crippen LogP) is 2.66. The van der Waals surface area contributed by atoms with Crippen molar-refractivity contribution in [2.24, 2.45) is 5.92 Å². The molecule has 1 saturated carbocycles. The Balaban J connectivity index is 2.13. The Bertz CT molecular complexity index is 512. The Morgan fingerprint density at radius 2 is 2.19 bits per heavy atom. The molecule has 2 N–H and O–H groups in total. The highest BCUT2D eigenvalue weighted by Crippen LogP contribution is 2.30. The molecule has 1 aromatic rings. The lowest BCUT2D eigenvalue weighted by atomic mass is 9.83. The third-order valence-electron chi connectivity index (χ3n) is 4.30. The fraction of sp³-hybridized carbons (Fsp3) is 0.733. The Morgan fingerprint density at radius 3 is 2.81 bits per heavy atom. The van der Waals surface area contributed by atoms with Crippen LogP contribution in [0.25, 0.3) is 0 Å². The molecule has 2 rings (SSSR count). The first-order chi connectivity index (χ1) is 10.2. The molecule has 0 spiro atoms. The third kappa shape index (κ3) is 3.98. The van der Waals surface area contributed by atoms with Gasteiger partial charge in [-0.25, -0.2) is 4.68 Å². The van der Waals surface area contributed by atoms with Crippen molar-refractivity contribution in [1.82, 2.24) is 9.78 Å². The number of rotatable bonds is 6. The smallest absolute Gasteiger partial charge is 0.287 e. The largest absolute Gasteiger partial charge is 0.394 e. The van der Waals surface area contributed by atoms with E-state index in [2.05, 4.69) is 17.3 Å². The summed E-state index contributed by atoms with van der Waals surface area (Å²) in [5.74, 6) is 0.639. The minimum atomic E-state index is -0.353. The standard InChI is InChI=1S/C15H24ClN3O2/c1-2-12(11-6-4-3-5-7-11)18-13-10-17-19(8-9-20)15(21)14(13)16/h10-12,18,20H,2-9H2,1H3. The van der Waals surface area contributed by atoms with Gasteiger partial charge in [0.05, 0.1) is 25.0 Å². The van der Waals surface area contributed by atoms with Crippen molar-refractivity contribution < 1.29 is 5.11 Å². The van der Waals surface area contributed by atoms with Crippen LogP contribution in [0.4, 0.5) is 5.69 Å². The van der Waals surface area contributed by atoms with E-state index in [-0.39, 0.29) is 23.7 Å². The van der Waals surface area contributed by atoms with Crippen LogP contribution in [-0.4, -0.2) is 27.5 Å². The van der Waals surface area contributed by atoms with E-state index in [1.54, 1.807) is 6.20 Å². The first kappa shape index (κ1) is 16.3. The van der Waals surface area contributed by atoms with E-state index in [9.17, 15) is 4.79 Å². The molecule has 0 aromatic carbocycles. The minimum Gasteiger partial charge on any atom is -0.394 e. The molecule has 0 radical (unpaired) electrons. The molecule has 1 aliphatic carbocycles. The van der Waals surface area contributed by atoms with Crippen molar-refractivity contribution in [1.29, 1.82) is 0 Å². The van der Waals surface area contributed by atoms with Crippen molar-refractivity contribution in [2.45, 2.75) is 58.0 Å². The van der Waals surface area contributed by atoms with Crippen LogP contribution in [0.1, 0.15) is 45.4 Å². The van der Waals surface area contributed by atoms with Crippen molar-refractivity contribution in [3.63, 3.8) is 0 Å². The van der Waals surface area contributed by atoms with Crippen LogP contribution in [-0.2, 0) is 6.54 Å². The lowest BCUT2D eigenvalue weighted by Crippen LogP contribution is -2.32. The average Bonchev–Trinajstić information content (AvgIpc) is 2.52. The molecule has 1 heterocycles. The van der Waals surface area contributed by atoms with E-state index in [0.717, 1.165) is 6.42 Å². The minimum absolute atomic E-state index is 0.129. The molecule has 1 atom stereocenters. The second-order valence-electron chi connectivity index (χ2n) is 5.68. The van der Waals surface area contributed by atoms with Crippen molar-refractivity contribution in [2.75, 3.05) is 11.9 Å². The highest BCUT2D eigenvalue weighted by atomic mass is 35.5. The van der Waals surface area contributed by atoms with Crippen LogP contribution in [0.3, 0.4) is 0 Å². The molecule has 118 valence electrons. The summed E-state index contributed by atoms with van der Waals surface area (Å²) in [7, 11) is 0.